The summed E-state index contributed by atoms with van der Waals surface area (Å²) in [7, 11) is 0. The highest BCUT2D eigenvalue weighted by atomic mass is 15.3. The third-order valence-corrected chi connectivity index (χ3v) is 8.25. The molecule has 4 aromatic carbocycles. The predicted octanol–water partition coefficient (Wildman–Crippen LogP) is 8.27. The molecule has 0 aliphatic carbocycles. The van der Waals surface area contributed by atoms with E-state index in [1.54, 1.807) is 0 Å². The second-order valence-electron chi connectivity index (χ2n) is 10.2. The molecule has 2 heterocycles. The normalized spacial score (nSPS) is 23.7. The summed E-state index contributed by atoms with van der Waals surface area (Å²) in [5, 5.41) is 0. The van der Waals surface area contributed by atoms with Gasteiger partial charge in [0.05, 0.1) is 0 Å². The summed E-state index contributed by atoms with van der Waals surface area (Å²) in [5.74, 6) is 1.40. The first-order valence-corrected chi connectivity index (χ1v) is 13.4. The number of likely N-dealkylation sites (tertiary alicyclic amines) is 1. The van der Waals surface area contributed by atoms with Crippen LogP contribution in [-0.2, 0) is 0 Å². The van der Waals surface area contributed by atoms with Gasteiger partial charge in [0.15, 0.2) is 0 Å². The van der Waals surface area contributed by atoms with E-state index in [4.69, 9.17) is 0 Å². The Morgan fingerprint density at radius 2 is 0.833 bits per heavy atom. The summed E-state index contributed by atoms with van der Waals surface area (Å²) in [6.07, 6.45) is 4.67. The molecule has 2 fully saturated rings. The Balaban J connectivity index is 1.52. The molecule has 0 saturated carbocycles. The van der Waals surface area contributed by atoms with Crippen LogP contribution in [0.15, 0.2) is 121 Å². The van der Waals surface area contributed by atoms with E-state index in [0.29, 0.717) is 24.2 Å². The van der Waals surface area contributed by atoms with E-state index in [9.17, 15) is 0 Å². The van der Waals surface area contributed by atoms with Gasteiger partial charge in [0, 0.05) is 6.92 Å². The molecule has 4 aromatic rings. The lowest BCUT2D eigenvalue weighted by atomic mass is 10.0. The predicted molar refractivity (Wildman–Crippen MR) is 148 cm³/mol. The number of hydrogen-bond donors (Lipinski definition) is 0. The maximum absolute atomic E-state index is 2.75. The lowest BCUT2D eigenvalue weighted by Crippen LogP contribution is -2.38. The van der Waals surface area contributed by atoms with Gasteiger partial charge in [-0.05, 0) is 47.9 Å². The van der Waals surface area contributed by atoms with Crippen molar-refractivity contribution in [1.29, 1.82) is 0 Å². The number of rotatable bonds is 4. The van der Waals surface area contributed by atoms with E-state index in [1.165, 1.54) is 53.8 Å². The van der Waals surface area contributed by atoms with Crippen molar-refractivity contribution in [2.24, 2.45) is 0 Å². The van der Waals surface area contributed by atoms with Crippen LogP contribution in [0.25, 0.3) is 0 Å². The van der Waals surface area contributed by atoms with Crippen LogP contribution in [-0.4, -0.2) is 15.3 Å². The molecule has 6 rings (SSSR count). The highest BCUT2D eigenvalue weighted by molar-refractivity contribution is 5.77. The van der Waals surface area contributed by atoms with Crippen molar-refractivity contribution >= 4 is 5.84 Å². The zero-order chi connectivity index (χ0) is 24.3. The molecular formula is C34H35N2+. The second-order valence-corrected chi connectivity index (χ2v) is 10.2. The topological polar surface area (TPSA) is 6.25 Å². The standard InChI is InChI=1S/C34H35N2/c1-26(35-31(27-14-6-2-7-15-27)22-23-32(35)28-16-8-3-9-17-28)36-33(29-18-10-4-11-19-29)24-25-34(36)30-20-12-5-13-21-30/h2-21,31-34H,22-25H2,1H3/q+1. The van der Waals surface area contributed by atoms with Gasteiger partial charge in [0.25, 0.3) is 0 Å². The molecule has 2 heteroatoms. The number of hydrogen-bond acceptors (Lipinski definition) is 0. The van der Waals surface area contributed by atoms with Gasteiger partial charge in [0.1, 0.15) is 24.2 Å². The van der Waals surface area contributed by atoms with Crippen molar-refractivity contribution in [2.75, 3.05) is 0 Å². The Morgan fingerprint density at radius 3 is 1.19 bits per heavy atom. The number of nitrogens with zero attached hydrogens (tertiary/aromatic N) is 2. The molecule has 36 heavy (non-hydrogen) atoms. The summed E-state index contributed by atoms with van der Waals surface area (Å²) >= 11 is 0. The Labute approximate surface area is 215 Å². The number of benzene rings is 4. The largest absolute Gasteiger partial charge is 0.252 e. The zero-order valence-corrected chi connectivity index (χ0v) is 21.1. The Kier molecular flexibility index (Phi) is 6.42. The fourth-order valence-electron chi connectivity index (χ4n) is 6.67. The van der Waals surface area contributed by atoms with Crippen molar-refractivity contribution in [3.8, 4) is 0 Å². The first kappa shape index (κ1) is 22.8. The molecule has 0 radical (unpaired) electrons. The van der Waals surface area contributed by atoms with Crippen molar-refractivity contribution < 1.29 is 4.58 Å². The molecule has 0 N–H and O–H groups in total. The summed E-state index contributed by atoms with van der Waals surface area (Å²) in [6.45, 7) is 2.38. The molecule has 2 nitrogen and oxygen atoms in total. The first-order valence-electron chi connectivity index (χ1n) is 13.4. The summed E-state index contributed by atoms with van der Waals surface area (Å²) < 4.78 is 2.75. The lowest BCUT2D eigenvalue weighted by Gasteiger charge is -2.30. The fraction of sp³-hybridized carbons (Fsp3) is 0.265. The van der Waals surface area contributed by atoms with Crippen LogP contribution in [0.5, 0.6) is 0 Å². The van der Waals surface area contributed by atoms with Crippen LogP contribution in [0.4, 0.5) is 0 Å². The minimum Gasteiger partial charge on any atom is -0.252 e. The Hall–Kier alpha value is -3.65. The van der Waals surface area contributed by atoms with Gasteiger partial charge in [-0.3, -0.25) is 9.48 Å². The Morgan fingerprint density at radius 1 is 0.500 bits per heavy atom. The van der Waals surface area contributed by atoms with Gasteiger partial charge in [-0.2, -0.15) is 0 Å². The van der Waals surface area contributed by atoms with Gasteiger partial charge < -0.3 is 0 Å². The molecular weight excluding hydrogens is 436 g/mol. The van der Waals surface area contributed by atoms with Crippen LogP contribution in [0.1, 0.15) is 79.0 Å². The van der Waals surface area contributed by atoms with E-state index in [0.717, 1.165) is 0 Å². The second kappa shape index (κ2) is 10.1. The van der Waals surface area contributed by atoms with Crippen molar-refractivity contribution in [2.45, 2.75) is 56.8 Å². The number of amidine groups is 1. The van der Waals surface area contributed by atoms with Gasteiger partial charge in [0.2, 0.25) is 5.84 Å². The highest BCUT2D eigenvalue weighted by Gasteiger charge is 2.46. The van der Waals surface area contributed by atoms with Crippen LogP contribution < -0.4 is 0 Å². The van der Waals surface area contributed by atoms with Gasteiger partial charge in [-0.25, -0.2) is 0 Å². The van der Waals surface area contributed by atoms with E-state index in [2.05, 4.69) is 138 Å². The molecule has 2 aliphatic heterocycles. The van der Waals surface area contributed by atoms with E-state index < -0.39 is 0 Å². The quantitative estimate of drug-likeness (QED) is 0.214. The molecule has 4 atom stereocenters. The van der Waals surface area contributed by atoms with E-state index >= 15 is 0 Å². The van der Waals surface area contributed by atoms with Crippen molar-refractivity contribution in [3.63, 3.8) is 0 Å². The highest BCUT2D eigenvalue weighted by Crippen LogP contribution is 2.47. The average Bonchev–Trinajstić information content (AvgIpc) is 3.60. The lowest BCUT2D eigenvalue weighted by molar-refractivity contribution is -0.595. The minimum absolute atomic E-state index is 0.379. The molecule has 2 saturated heterocycles. The SMILES string of the molecule is CC(N1C(c2ccccc2)CCC1c1ccccc1)=[N+]1C(c2ccccc2)CCC1c1ccccc1. The average molecular weight is 472 g/mol. The smallest absolute Gasteiger partial charge is 0.245 e. The Bertz CT molecular complexity index is 1200. The molecule has 0 aromatic heterocycles. The molecule has 2 aliphatic rings. The minimum atomic E-state index is 0.379. The molecule has 4 unspecified atom stereocenters. The third kappa shape index (κ3) is 4.26. The molecule has 0 spiro atoms. The van der Waals surface area contributed by atoms with Crippen LogP contribution in [0, 0.1) is 0 Å². The van der Waals surface area contributed by atoms with Gasteiger partial charge >= 0.3 is 0 Å². The van der Waals surface area contributed by atoms with Crippen molar-refractivity contribution in [3.05, 3.63) is 144 Å². The summed E-state index contributed by atoms with van der Waals surface area (Å²) in [6, 6.07) is 46.0. The van der Waals surface area contributed by atoms with E-state index in [-0.39, 0.29) is 0 Å². The molecule has 180 valence electrons. The third-order valence-electron chi connectivity index (χ3n) is 8.25. The molecule has 0 bridgehead atoms. The van der Waals surface area contributed by atoms with Crippen molar-refractivity contribution in [1.82, 2.24) is 4.90 Å². The fourth-order valence-corrected chi connectivity index (χ4v) is 6.67. The summed E-state index contributed by atoms with van der Waals surface area (Å²) in [5.41, 5.74) is 5.67. The van der Waals surface area contributed by atoms with Gasteiger partial charge in [-0.15, -0.1) is 0 Å². The van der Waals surface area contributed by atoms with Crippen LogP contribution in [0.3, 0.4) is 0 Å². The van der Waals surface area contributed by atoms with Crippen LogP contribution >= 0.6 is 0 Å². The van der Waals surface area contributed by atoms with E-state index in [1.807, 2.05) is 0 Å². The maximum atomic E-state index is 2.75. The zero-order valence-electron chi connectivity index (χ0n) is 21.1. The van der Waals surface area contributed by atoms with Crippen LogP contribution in [0.2, 0.25) is 0 Å². The first-order chi connectivity index (χ1) is 17.8. The monoisotopic (exact) mass is 471 g/mol. The molecule has 0 amide bonds. The summed E-state index contributed by atoms with van der Waals surface area (Å²) in [4.78, 5) is 2.75. The van der Waals surface area contributed by atoms with Gasteiger partial charge in [-0.1, -0.05) is 121 Å². The maximum Gasteiger partial charge on any atom is 0.245 e.